The molecule has 0 fully saturated rings. The monoisotopic (exact) mass is 246 g/mol. The molecule has 102 valence electrons. The summed E-state index contributed by atoms with van der Waals surface area (Å²) in [6.45, 7) is 1.88. The molecule has 0 spiro atoms. The Bertz CT molecular complexity index is 173. The summed E-state index contributed by atoms with van der Waals surface area (Å²) in [4.78, 5) is 10.7. The molecule has 0 rings (SSSR count). The van der Waals surface area contributed by atoms with Crippen LogP contribution in [0.15, 0.2) is 0 Å². The van der Waals surface area contributed by atoms with E-state index < -0.39 is 12.2 Å². The van der Waals surface area contributed by atoms with Crippen molar-refractivity contribution in [3.8, 4) is 0 Å². The molecule has 0 heterocycles. The fourth-order valence-corrected chi connectivity index (χ4v) is 1.60. The van der Waals surface area contributed by atoms with E-state index in [9.17, 15) is 4.79 Å². The van der Waals surface area contributed by atoms with Crippen molar-refractivity contribution in [3.05, 3.63) is 0 Å². The Hall–Kier alpha value is -0.450. The molecule has 0 bridgehead atoms. The van der Waals surface area contributed by atoms with Crippen molar-refractivity contribution in [2.24, 2.45) is 0 Å². The number of unbranched alkanes of at least 4 members (excludes halogenated alkanes) is 5. The van der Waals surface area contributed by atoms with Crippen LogP contribution in [0.1, 0.15) is 51.9 Å². The van der Waals surface area contributed by atoms with Gasteiger partial charge in [-0.25, -0.2) is 0 Å². The quantitative estimate of drug-likeness (QED) is 0.406. The van der Waals surface area contributed by atoms with Crippen LogP contribution in [-0.2, 0) is 9.53 Å². The van der Waals surface area contributed by atoms with Gasteiger partial charge in [-0.3, -0.25) is 0 Å². The summed E-state index contributed by atoms with van der Waals surface area (Å²) in [6, 6.07) is 0. The van der Waals surface area contributed by atoms with Crippen LogP contribution in [0.4, 0.5) is 0 Å². The number of carbonyl (C=O) groups excluding carboxylic acids is 1. The smallest absolute Gasteiger partial charge is 0.148 e. The largest absolute Gasteiger partial charge is 0.394 e. The molecule has 2 unspecified atom stereocenters. The highest BCUT2D eigenvalue weighted by atomic mass is 16.5. The van der Waals surface area contributed by atoms with Gasteiger partial charge in [-0.2, -0.15) is 0 Å². The van der Waals surface area contributed by atoms with Crippen molar-refractivity contribution in [2.75, 3.05) is 13.2 Å². The molecular weight excluding hydrogens is 220 g/mol. The highest BCUT2D eigenvalue weighted by Gasteiger charge is 2.10. The van der Waals surface area contributed by atoms with Crippen molar-refractivity contribution >= 4 is 6.29 Å². The summed E-state index contributed by atoms with van der Waals surface area (Å²) in [5, 5.41) is 17.7. The zero-order chi connectivity index (χ0) is 12.9. The van der Waals surface area contributed by atoms with Crippen LogP contribution >= 0.6 is 0 Å². The van der Waals surface area contributed by atoms with Crippen LogP contribution in [0.25, 0.3) is 0 Å². The number of aldehydes is 1. The highest BCUT2D eigenvalue weighted by molar-refractivity contribution is 5.55. The molecule has 0 aliphatic rings. The van der Waals surface area contributed by atoms with E-state index in [2.05, 4.69) is 6.92 Å². The van der Waals surface area contributed by atoms with Gasteiger partial charge in [0, 0.05) is 0 Å². The minimum atomic E-state index is -0.887. The van der Waals surface area contributed by atoms with E-state index >= 15 is 0 Å². The fraction of sp³-hybridized carbons (Fsp3) is 0.923. The van der Waals surface area contributed by atoms with Gasteiger partial charge in [0.2, 0.25) is 0 Å². The lowest BCUT2D eigenvalue weighted by molar-refractivity contribution is -0.121. The van der Waals surface area contributed by atoms with Gasteiger partial charge < -0.3 is 19.7 Å². The molecule has 17 heavy (non-hydrogen) atoms. The van der Waals surface area contributed by atoms with Crippen LogP contribution in [-0.4, -0.2) is 41.9 Å². The molecule has 2 N–H and O–H groups in total. The molecule has 2 atom stereocenters. The number of hydrogen-bond acceptors (Lipinski definition) is 4. The zero-order valence-electron chi connectivity index (χ0n) is 10.8. The third kappa shape index (κ3) is 10.4. The topological polar surface area (TPSA) is 66.8 Å². The van der Waals surface area contributed by atoms with Crippen LogP contribution in [0.3, 0.4) is 0 Å². The van der Waals surface area contributed by atoms with Gasteiger partial charge in [0.05, 0.1) is 13.2 Å². The minimum Gasteiger partial charge on any atom is -0.394 e. The van der Waals surface area contributed by atoms with E-state index in [4.69, 9.17) is 14.9 Å². The second-order valence-corrected chi connectivity index (χ2v) is 4.40. The van der Waals surface area contributed by atoms with Crippen LogP contribution in [0, 0.1) is 0 Å². The molecule has 4 nitrogen and oxygen atoms in total. The van der Waals surface area contributed by atoms with E-state index in [0.29, 0.717) is 6.42 Å². The summed E-state index contributed by atoms with van der Waals surface area (Å²) < 4.78 is 5.19. The van der Waals surface area contributed by atoms with Gasteiger partial charge in [0.15, 0.2) is 0 Å². The lowest BCUT2D eigenvalue weighted by Crippen LogP contribution is -2.25. The van der Waals surface area contributed by atoms with Crippen molar-refractivity contribution < 1.29 is 19.7 Å². The first-order valence-corrected chi connectivity index (χ1v) is 6.60. The SMILES string of the molecule is CCCCCCCCC(C=O)OCC(O)CO. The first-order chi connectivity index (χ1) is 8.24. The van der Waals surface area contributed by atoms with E-state index in [1.54, 1.807) is 0 Å². The van der Waals surface area contributed by atoms with E-state index in [-0.39, 0.29) is 13.2 Å². The third-order valence-electron chi connectivity index (χ3n) is 2.71. The maximum atomic E-state index is 10.7. The van der Waals surface area contributed by atoms with E-state index in [1.165, 1.54) is 25.7 Å². The second kappa shape index (κ2) is 12.0. The number of hydrogen-bond donors (Lipinski definition) is 2. The van der Waals surface area contributed by atoms with Crippen molar-refractivity contribution in [2.45, 2.75) is 64.1 Å². The lowest BCUT2D eigenvalue weighted by Gasteiger charge is -2.14. The molecular formula is C13H26O4. The predicted octanol–water partition coefficient (Wildman–Crippen LogP) is 1.67. The first-order valence-electron chi connectivity index (χ1n) is 6.60. The molecule has 0 aromatic carbocycles. The third-order valence-corrected chi connectivity index (χ3v) is 2.71. The fourth-order valence-electron chi connectivity index (χ4n) is 1.60. The number of aliphatic hydroxyl groups is 2. The van der Waals surface area contributed by atoms with E-state index in [0.717, 1.165) is 19.1 Å². The number of rotatable bonds is 12. The second-order valence-electron chi connectivity index (χ2n) is 4.40. The molecule has 4 heteroatoms. The Morgan fingerprint density at radius 2 is 1.82 bits per heavy atom. The summed E-state index contributed by atoms with van der Waals surface area (Å²) in [6.07, 6.45) is 7.22. The number of carbonyl (C=O) groups is 1. The zero-order valence-corrected chi connectivity index (χ0v) is 10.8. The lowest BCUT2D eigenvalue weighted by atomic mass is 10.1. The molecule has 0 aliphatic heterocycles. The Morgan fingerprint density at radius 1 is 1.18 bits per heavy atom. The molecule has 0 aliphatic carbocycles. The molecule has 0 saturated heterocycles. The number of ether oxygens (including phenoxy) is 1. The Morgan fingerprint density at radius 3 is 2.41 bits per heavy atom. The average molecular weight is 246 g/mol. The van der Waals surface area contributed by atoms with Crippen LogP contribution in [0.5, 0.6) is 0 Å². The normalized spacial score (nSPS) is 14.5. The van der Waals surface area contributed by atoms with Gasteiger partial charge in [0.25, 0.3) is 0 Å². The molecule has 0 aromatic heterocycles. The molecule has 0 aromatic rings. The molecule has 0 amide bonds. The maximum absolute atomic E-state index is 10.7. The maximum Gasteiger partial charge on any atom is 0.148 e. The molecule has 0 radical (unpaired) electrons. The van der Waals surface area contributed by atoms with Crippen LogP contribution in [0.2, 0.25) is 0 Å². The van der Waals surface area contributed by atoms with Gasteiger partial charge in [-0.15, -0.1) is 0 Å². The standard InChI is InChI=1S/C13H26O4/c1-2-3-4-5-6-7-8-13(10-15)17-11-12(16)9-14/h10,12-14,16H,2-9,11H2,1H3. The van der Waals surface area contributed by atoms with E-state index in [1.807, 2.05) is 0 Å². The summed E-state index contributed by atoms with van der Waals surface area (Å²) in [5.74, 6) is 0. The van der Waals surface area contributed by atoms with Crippen molar-refractivity contribution in [1.82, 2.24) is 0 Å². The van der Waals surface area contributed by atoms with Gasteiger partial charge in [-0.05, 0) is 6.42 Å². The first kappa shape index (κ1) is 16.6. The van der Waals surface area contributed by atoms with Gasteiger partial charge in [0.1, 0.15) is 18.5 Å². The van der Waals surface area contributed by atoms with Gasteiger partial charge in [-0.1, -0.05) is 45.4 Å². The molecule has 0 saturated carbocycles. The highest BCUT2D eigenvalue weighted by Crippen LogP contribution is 2.09. The Labute approximate surface area is 104 Å². The van der Waals surface area contributed by atoms with Crippen molar-refractivity contribution in [1.29, 1.82) is 0 Å². The Kier molecular flexibility index (Phi) is 11.7. The Balaban J connectivity index is 3.44. The number of aliphatic hydroxyl groups excluding tert-OH is 2. The summed E-state index contributed by atoms with van der Waals surface area (Å²) in [7, 11) is 0. The summed E-state index contributed by atoms with van der Waals surface area (Å²) >= 11 is 0. The van der Waals surface area contributed by atoms with Gasteiger partial charge >= 0.3 is 0 Å². The minimum absolute atomic E-state index is 0.0236. The van der Waals surface area contributed by atoms with Crippen LogP contribution < -0.4 is 0 Å². The predicted molar refractivity (Wildman–Crippen MR) is 66.9 cm³/mol. The van der Waals surface area contributed by atoms with Crippen molar-refractivity contribution in [3.63, 3.8) is 0 Å². The summed E-state index contributed by atoms with van der Waals surface area (Å²) in [5.41, 5.74) is 0. The average Bonchev–Trinajstić information content (AvgIpc) is 2.36.